The van der Waals surface area contributed by atoms with Crippen molar-refractivity contribution >= 4 is 0 Å². The van der Waals surface area contributed by atoms with Gasteiger partial charge in [-0.25, -0.2) is 0 Å². The van der Waals surface area contributed by atoms with E-state index in [2.05, 4.69) is 24.5 Å². The number of hydrogen-bond acceptors (Lipinski definition) is 2. The Morgan fingerprint density at radius 1 is 1.43 bits per heavy atom. The molecule has 3 atom stereocenters. The van der Waals surface area contributed by atoms with Crippen LogP contribution in [0.5, 0.6) is 0 Å². The molecule has 0 spiro atoms. The van der Waals surface area contributed by atoms with Gasteiger partial charge < -0.3 is 10.6 Å². The van der Waals surface area contributed by atoms with Gasteiger partial charge in [0.1, 0.15) is 0 Å². The summed E-state index contributed by atoms with van der Waals surface area (Å²) >= 11 is 0. The van der Waals surface area contributed by atoms with Crippen LogP contribution in [0.4, 0.5) is 0 Å². The number of rotatable bonds is 3. The summed E-state index contributed by atoms with van der Waals surface area (Å²) in [6.45, 7) is 8.39. The van der Waals surface area contributed by atoms with Crippen molar-refractivity contribution in [2.24, 2.45) is 11.3 Å². The molecule has 14 heavy (non-hydrogen) atoms. The monoisotopic (exact) mass is 196 g/mol. The quantitative estimate of drug-likeness (QED) is 0.719. The fourth-order valence-corrected chi connectivity index (χ4v) is 2.80. The largest absolute Gasteiger partial charge is 0.316 e. The molecule has 1 aliphatic heterocycles. The van der Waals surface area contributed by atoms with E-state index in [-0.39, 0.29) is 0 Å². The van der Waals surface area contributed by atoms with Crippen LogP contribution in [0.25, 0.3) is 0 Å². The molecule has 0 aromatic rings. The Balaban J connectivity index is 1.71. The molecule has 2 rings (SSSR count). The molecule has 2 fully saturated rings. The first kappa shape index (κ1) is 10.4. The summed E-state index contributed by atoms with van der Waals surface area (Å²) in [4.78, 5) is 0. The summed E-state index contributed by atoms with van der Waals surface area (Å²) in [5.74, 6) is 0.946. The van der Waals surface area contributed by atoms with Gasteiger partial charge in [0.25, 0.3) is 0 Å². The van der Waals surface area contributed by atoms with Crippen LogP contribution in [-0.4, -0.2) is 25.7 Å². The fourth-order valence-electron chi connectivity index (χ4n) is 2.80. The number of hydrogen-bond donors (Lipinski definition) is 2. The molecule has 2 N–H and O–H groups in total. The molecule has 0 radical (unpaired) electrons. The third kappa shape index (κ3) is 2.48. The third-order valence-corrected chi connectivity index (χ3v) is 3.97. The van der Waals surface area contributed by atoms with E-state index in [9.17, 15) is 0 Å². The summed E-state index contributed by atoms with van der Waals surface area (Å²) in [6, 6.07) is 0.808. The SMILES string of the molecule is CC1CCC(NCC2(C)CCNC2)C1. The molecular formula is C12H24N2. The van der Waals surface area contributed by atoms with E-state index in [1.165, 1.54) is 45.3 Å². The Morgan fingerprint density at radius 2 is 2.29 bits per heavy atom. The zero-order chi connectivity index (χ0) is 10.0. The van der Waals surface area contributed by atoms with Gasteiger partial charge >= 0.3 is 0 Å². The summed E-state index contributed by atoms with van der Waals surface area (Å²) in [5.41, 5.74) is 0.520. The lowest BCUT2D eigenvalue weighted by Gasteiger charge is -2.25. The zero-order valence-electron chi connectivity index (χ0n) is 9.60. The molecule has 2 aliphatic rings. The first-order chi connectivity index (χ1) is 6.68. The average molecular weight is 196 g/mol. The van der Waals surface area contributed by atoms with Crippen LogP contribution in [0, 0.1) is 11.3 Å². The van der Waals surface area contributed by atoms with Crippen LogP contribution in [0.3, 0.4) is 0 Å². The highest BCUT2D eigenvalue weighted by molar-refractivity contribution is 4.88. The molecule has 0 aromatic carbocycles. The first-order valence-corrected chi connectivity index (χ1v) is 6.12. The van der Waals surface area contributed by atoms with Crippen molar-refractivity contribution in [2.45, 2.75) is 45.6 Å². The van der Waals surface area contributed by atoms with E-state index in [1.807, 2.05) is 0 Å². The first-order valence-electron chi connectivity index (χ1n) is 6.12. The van der Waals surface area contributed by atoms with Crippen molar-refractivity contribution in [1.82, 2.24) is 10.6 Å². The Morgan fingerprint density at radius 3 is 2.86 bits per heavy atom. The fraction of sp³-hybridized carbons (Fsp3) is 1.00. The molecule has 0 bridgehead atoms. The minimum Gasteiger partial charge on any atom is -0.316 e. The lowest BCUT2D eigenvalue weighted by atomic mass is 9.89. The molecule has 0 aromatic heterocycles. The summed E-state index contributed by atoms with van der Waals surface area (Å²) < 4.78 is 0. The van der Waals surface area contributed by atoms with Gasteiger partial charge in [0.2, 0.25) is 0 Å². The van der Waals surface area contributed by atoms with E-state index >= 15 is 0 Å². The van der Waals surface area contributed by atoms with Gasteiger partial charge in [0, 0.05) is 19.1 Å². The van der Waals surface area contributed by atoms with Crippen LogP contribution < -0.4 is 10.6 Å². The summed E-state index contributed by atoms with van der Waals surface area (Å²) in [7, 11) is 0. The Bertz CT molecular complexity index is 185. The van der Waals surface area contributed by atoms with Crippen LogP contribution in [-0.2, 0) is 0 Å². The Kier molecular flexibility index (Phi) is 3.13. The molecule has 0 amide bonds. The van der Waals surface area contributed by atoms with Crippen molar-refractivity contribution in [3.63, 3.8) is 0 Å². The van der Waals surface area contributed by atoms with E-state index in [1.54, 1.807) is 0 Å². The summed E-state index contributed by atoms with van der Waals surface area (Å²) in [5, 5.41) is 7.21. The van der Waals surface area contributed by atoms with Gasteiger partial charge in [-0.2, -0.15) is 0 Å². The average Bonchev–Trinajstić information content (AvgIpc) is 2.73. The molecule has 1 saturated heterocycles. The predicted molar refractivity (Wildman–Crippen MR) is 60.4 cm³/mol. The van der Waals surface area contributed by atoms with Crippen LogP contribution in [0.2, 0.25) is 0 Å². The second kappa shape index (κ2) is 4.19. The Labute approximate surface area is 87.8 Å². The molecule has 2 heteroatoms. The van der Waals surface area contributed by atoms with Gasteiger partial charge in [-0.05, 0) is 43.6 Å². The standard InChI is InChI=1S/C12H24N2/c1-10-3-4-11(7-10)14-9-12(2)5-6-13-8-12/h10-11,13-14H,3-9H2,1-2H3. The third-order valence-electron chi connectivity index (χ3n) is 3.97. The maximum absolute atomic E-state index is 3.75. The van der Waals surface area contributed by atoms with Gasteiger partial charge in [-0.15, -0.1) is 0 Å². The lowest BCUT2D eigenvalue weighted by molar-refractivity contribution is 0.316. The van der Waals surface area contributed by atoms with Crippen molar-refractivity contribution in [3.05, 3.63) is 0 Å². The van der Waals surface area contributed by atoms with Gasteiger partial charge in [0.05, 0.1) is 0 Å². The molecule has 82 valence electrons. The van der Waals surface area contributed by atoms with E-state index in [0.29, 0.717) is 5.41 Å². The topological polar surface area (TPSA) is 24.1 Å². The Hall–Kier alpha value is -0.0800. The maximum Gasteiger partial charge on any atom is 0.00699 e. The normalized spacial score (nSPS) is 43.3. The van der Waals surface area contributed by atoms with Crippen LogP contribution >= 0.6 is 0 Å². The maximum atomic E-state index is 3.75. The van der Waals surface area contributed by atoms with Crippen LogP contribution in [0.15, 0.2) is 0 Å². The van der Waals surface area contributed by atoms with Crippen molar-refractivity contribution < 1.29 is 0 Å². The van der Waals surface area contributed by atoms with Gasteiger partial charge in [-0.3, -0.25) is 0 Å². The second-order valence-electron chi connectivity index (χ2n) is 5.73. The summed E-state index contributed by atoms with van der Waals surface area (Å²) in [6.07, 6.45) is 5.54. The van der Waals surface area contributed by atoms with E-state index < -0.39 is 0 Å². The highest BCUT2D eigenvalue weighted by Gasteiger charge is 2.30. The molecule has 1 heterocycles. The van der Waals surface area contributed by atoms with E-state index in [4.69, 9.17) is 0 Å². The van der Waals surface area contributed by atoms with Crippen molar-refractivity contribution in [2.75, 3.05) is 19.6 Å². The molecular weight excluding hydrogens is 172 g/mol. The minimum atomic E-state index is 0.520. The molecule has 1 saturated carbocycles. The zero-order valence-corrected chi connectivity index (χ0v) is 9.60. The highest BCUT2D eigenvalue weighted by Crippen LogP contribution is 2.27. The minimum absolute atomic E-state index is 0.520. The molecule has 2 nitrogen and oxygen atoms in total. The predicted octanol–water partition coefficient (Wildman–Crippen LogP) is 1.76. The molecule has 1 aliphatic carbocycles. The van der Waals surface area contributed by atoms with Gasteiger partial charge in [-0.1, -0.05) is 13.8 Å². The van der Waals surface area contributed by atoms with Gasteiger partial charge in [0.15, 0.2) is 0 Å². The van der Waals surface area contributed by atoms with Crippen LogP contribution in [0.1, 0.15) is 39.5 Å². The number of nitrogens with one attached hydrogen (secondary N) is 2. The van der Waals surface area contributed by atoms with E-state index in [0.717, 1.165) is 12.0 Å². The highest BCUT2D eigenvalue weighted by atomic mass is 15.0. The molecule has 3 unspecified atom stereocenters. The lowest BCUT2D eigenvalue weighted by Crippen LogP contribution is -2.38. The smallest absolute Gasteiger partial charge is 0.00699 e. The van der Waals surface area contributed by atoms with Crippen molar-refractivity contribution in [1.29, 1.82) is 0 Å². The van der Waals surface area contributed by atoms with Crippen molar-refractivity contribution in [3.8, 4) is 0 Å². The second-order valence-corrected chi connectivity index (χ2v) is 5.73.